The van der Waals surface area contributed by atoms with E-state index in [1.807, 2.05) is 0 Å². The maximum Gasteiger partial charge on any atom is 0.310 e. The Balaban J connectivity index is 1.81. The summed E-state index contributed by atoms with van der Waals surface area (Å²) in [5, 5.41) is 15.8. The Morgan fingerprint density at radius 3 is 2.70 bits per heavy atom. The molecule has 0 bridgehead atoms. The van der Waals surface area contributed by atoms with Crippen LogP contribution in [0.2, 0.25) is 0 Å². The first-order valence-electron chi connectivity index (χ1n) is 6.88. The molecule has 1 aromatic rings. The molecule has 0 atom stereocenters. The number of rotatable bonds is 6. The minimum absolute atomic E-state index is 0.0502. The lowest BCUT2D eigenvalue weighted by Crippen LogP contribution is -2.39. The molecule has 20 heavy (non-hydrogen) atoms. The highest BCUT2D eigenvalue weighted by atomic mass is 16.5. The van der Waals surface area contributed by atoms with Crippen LogP contribution in [0.3, 0.4) is 0 Å². The summed E-state index contributed by atoms with van der Waals surface area (Å²) in [5.74, 6) is -0.556. The maximum absolute atomic E-state index is 11.9. The van der Waals surface area contributed by atoms with Crippen molar-refractivity contribution in [3.05, 3.63) is 12.2 Å². The van der Waals surface area contributed by atoms with Gasteiger partial charge in [-0.2, -0.15) is 4.98 Å². The summed E-state index contributed by atoms with van der Waals surface area (Å²) in [4.78, 5) is 27.2. The predicted octanol–water partition coefficient (Wildman–Crippen LogP) is 1.15. The van der Waals surface area contributed by atoms with Crippen molar-refractivity contribution in [2.75, 3.05) is 6.54 Å². The first-order chi connectivity index (χ1) is 9.62. The van der Waals surface area contributed by atoms with Gasteiger partial charge in [0, 0.05) is 19.4 Å². The molecule has 7 heteroatoms. The molecule has 7 nitrogen and oxygen atoms in total. The molecule has 0 aliphatic heterocycles. The second kappa shape index (κ2) is 6.49. The maximum atomic E-state index is 11.9. The van der Waals surface area contributed by atoms with Crippen molar-refractivity contribution < 1.29 is 19.2 Å². The largest absolute Gasteiger partial charge is 0.481 e. The molecule has 0 spiro atoms. The molecule has 2 N–H and O–H groups in total. The highest BCUT2D eigenvalue weighted by Gasteiger charge is 2.41. The Morgan fingerprint density at radius 1 is 1.35 bits per heavy atom. The highest BCUT2D eigenvalue weighted by molar-refractivity contribution is 5.85. The quantitative estimate of drug-likeness (QED) is 0.810. The van der Waals surface area contributed by atoms with Crippen LogP contribution in [0.15, 0.2) is 10.9 Å². The van der Waals surface area contributed by atoms with E-state index in [4.69, 9.17) is 0 Å². The van der Waals surface area contributed by atoms with Gasteiger partial charge in [0.1, 0.15) is 0 Å². The number of hydrogen-bond acceptors (Lipinski definition) is 5. The molecule has 1 heterocycles. The number of nitrogens with zero attached hydrogens (tertiary/aromatic N) is 2. The summed E-state index contributed by atoms with van der Waals surface area (Å²) in [7, 11) is 0. The van der Waals surface area contributed by atoms with Gasteiger partial charge in [-0.1, -0.05) is 24.4 Å². The van der Waals surface area contributed by atoms with Gasteiger partial charge in [0.05, 0.1) is 5.41 Å². The van der Waals surface area contributed by atoms with Crippen LogP contribution < -0.4 is 5.32 Å². The van der Waals surface area contributed by atoms with E-state index in [0.29, 0.717) is 31.6 Å². The fourth-order valence-corrected chi connectivity index (χ4v) is 2.68. The van der Waals surface area contributed by atoms with Crippen LogP contribution in [0.25, 0.3) is 0 Å². The molecule has 1 fully saturated rings. The smallest absolute Gasteiger partial charge is 0.310 e. The fraction of sp³-hybridized carbons (Fsp3) is 0.692. The topological polar surface area (TPSA) is 105 Å². The lowest BCUT2D eigenvalue weighted by Gasteiger charge is -2.32. The van der Waals surface area contributed by atoms with Crippen LogP contribution in [0.1, 0.15) is 44.3 Å². The van der Waals surface area contributed by atoms with E-state index in [9.17, 15) is 14.7 Å². The zero-order valence-corrected chi connectivity index (χ0v) is 11.3. The first kappa shape index (κ1) is 14.5. The lowest BCUT2D eigenvalue weighted by atomic mass is 9.71. The number of amides is 1. The zero-order chi connectivity index (χ0) is 14.4. The van der Waals surface area contributed by atoms with Crippen molar-refractivity contribution in [3.63, 3.8) is 0 Å². The number of carboxylic acids is 1. The number of carbonyl (C=O) groups is 2. The van der Waals surface area contributed by atoms with E-state index in [1.165, 1.54) is 6.39 Å². The number of nitrogens with one attached hydrogen (secondary N) is 1. The molecular weight excluding hydrogens is 262 g/mol. The number of carboxylic acid groups (broad SMARTS) is 1. The number of aliphatic carboxylic acids is 1. The summed E-state index contributed by atoms with van der Waals surface area (Å²) in [6.07, 6.45) is 5.73. The number of carbonyl (C=O) groups excluding carboxylic acids is 1. The predicted molar refractivity (Wildman–Crippen MR) is 68.8 cm³/mol. The minimum atomic E-state index is -0.880. The van der Waals surface area contributed by atoms with Crippen molar-refractivity contribution >= 4 is 11.9 Å². The molecule has 0 unspecified atom stereocenters. The van der Waals surface area contributed by atoms with E-state index in [1.54, 1.807) is 0 Å². The Morgan fingerprint density at radius 2 is 2.10 bits per heavy atom. The molecule has 1 aliphatic carbocycles. The average Bonchev–Trinajstić information content (AvgIpc) is 2.93. The van der Waals surface area contributed by atoms with Gasteiger partial charge in [0.15, 0.2) is 5.82 Å². The van der Waals surface area contributed by atoms with E-state index in [0.717, 1.165) is 19.3 Å². The van der Waals surface area contributed by atoms with E-state index >= 15 is 0 Å². The summed E-state index contributed by atoms with van der Waals surface area (Å²) in [6.45, 7) is 0.383. The monoisotopic (exact) mass is 281 g/mol. The molecule has 1 amide bonds. The molecule has 110 valence electrons. The van der Waals surface area contributed by atoms with Crippen LogP contribution in [0.5, 0.6) is 0 Å². The molecule has 1 aromatic heterocycles. The Bertz CT molecular complexity index is 452. The third-order valence-corrected chi connectivity index (χ3v) is 3.84. The van der Waals surface area contributed by atoms with Gasteiger partial charge in [-0.05, 0) is 12.8 Å². The van der Waals surface area contributed by atoms with E-state index < -0.39 is 11.4 Å². The summed E-state index contributed by atoms with van der Waals surface area (Å²) < 4.78 is 4.59. The molecule has 0 aromatic carbocycles. The SMILES string of the molecule is O=C(CC1(C(=O)O)CCCCC1)NCCc1ncon1. The molecule has 0 saturated heterocycles. The minimum Gasteiger partial charge on any atom is -0.481 e. The second-order valence-corrected chi connectivity index (χ2v) is 5.27. The Kier molecular flexibility index (Phi) is 4.70. The van der Waals surface area contributed by atoms with Crippen molar-refractivity contribution in [1.82, 2.24) is 15.5 Å². The van der Waals surface area contributed by atoms with E-state index in [2.05, 4.69) is 20.0 Å². The van der Waals surface area contributed by atoms with Crippen LogP contribution in [-0.2, 0) is 16.0 Å². The summed E-state index contributed by atoms with van der Waals surface area (Å²) in [6, 6.07) is 0. The third kappa shape index (κ3) is 3.55. The van der Waals surface area contributed by atoms with Gasteiger partial charge in [-0.15, -0.1) is 0 Å². The van der Waals surface area contributed by atoms with Gasteiger partial charge < -0.3 is 14.9 Å². The standard InChI is InChI=1S/C13H19N3O4/c17-11(14-7-4-10-15-9-20-16-10)8-13(12(18)19)5-2-1-3-6-13/h9H,1-8H2,(H,14,17)(H,18,19). The Hall–Kier alpha value is -1.92. The normalized spacial score (nSPS) is 17.6. The van der Waals surface area contributed by atoms with Crippen LogP contribution >= 0.6 is 0 Å². The molecule has 1 saturated carbocycles. The van der Waals surface area contributed by atoms with Crippen LogP contribution in [0.4, 0.5) is 0 Å². The Labute approximate surface area is 116 Å². The van der Waals surface area contributed by atoms with Gasteiger partial charge in [-0.25, -0.2) is 0 Å². The molecule has 1 aliphatic rings. The zero-order valence-electron chi connectivity index (χ0n) is 11.3. The van der Waals surface area contributed by atoms with Gasteiger partial charge in [0.25, 0.3) is 0 Å². The average molecular weight is 281 g/mol. The van der Waals surface area contributed by atoms with Crippen molar-refractivity contribution in [3.8, 4) is 0 Å². The van der Waals surface area contributed by atoms with Crippen molar-refractivity contribution in [2.24, 2.45) is 5.41 Å². The van der Waals surface area contributed by atoms with Gasteiger partial charge in [-0.3, -0.25) is 9.59 Å². The van der Waals surface area contributed by atoms with Crippen LogP contribution in [-0.4, -0.2) is 33.7 Å². The van der Waals surface area contributed by atoms with Crippen molar-refractivity contribution in [1.29, 1.82) is 0 Å². The highest BCUT2D eigenvalue weighted by Crippen LogP contribution is 2.39. The molecule has 0 radical (unpaired) electrons. The fourth-order valence-electron chi connectivity index (χ4n) is 2.68. The summed E-state index contributed by atoms with van der Waals surface area (Å²) >= 11 is 0. The second-order valence-electron chi connectivity index (χ2n) is 5.27. The van der Waals surface area contributed by atoms with Crippen LogP contribution in [0, 0.1) is 5.41 Å². The number of aromatic nitrogens is 2. The first-order valence-corrected chi connectivity index (χ1v) is 6.88. The van der Waals surface area contributed by atoms with Gasteiger partial charge in [0.2, 0.25) is 12.3 Å². The van der Waals surface area contributed by atoms with Crippen molar-refractivity contribution in [2.45, 2.75) is 44.9 Å². The third-order valence-electron chi connectivity index (χ3n) is 3.84. The van der Waals surface area contributed by atoms with Gasteiger partial charge >= 0.3 is 5.97 Å². The molecular formula is C13H19N3O4. The number of hydrogen-bond donors (Lipinski definition) is 2. The summed E-state index contributed by atoms with van der Waals surface area (Å²) in [5.41, 5.74) is -0.880. The molecule has 2 rings (SSSR count). The van der Waals surface area contributed by atoms with E-state index in [-0.39, 0.29) is 12.3 Å². The lowest BCUT2D eigenvalue weighted by molar-refractivity contribution is -0.154.